The van der Waals surface area contributed by atoms with Gasteiger partial charge in [0.25, 0.3) is 0 Å². The first-order chi connectivity index (χ1) is 8.07. The molecule has 0 aliphatic heterocycles. The molecule has 0 radical (unpaired) electrons. The third-order valence-electron chi connectivity index (χ3n) is 2.66. The fourth-order valence-corrected chi connectivity index (χ4v) is 1.52. The lowest BCUT2D eigenvalue weighted by atomic mass is 10.1. The predicted molar refractivity (Wildman–Crippen MR) is 66.6 cm³/mol. The summed E-state index contributed by atoms with van der Waals surface area (Å²) in [7, 11) is 0. The molecular weight excluding hydrogens is 220 g/mol. The Morgan fingerprint density at radius 1 is 0.941 bits per heavy atom. The van der Waals surface area contributed by atoms with Gasteiger partial charge in [-0.15, -0.1) is 0 Å². The third kappa shape index (κ3) is 7.20. The van der Waals surface area contributed by atoms with Crippen molar-refractivity contribution in [1.29, 1.82) is 0 Å². The Labute approximate surface area is 103 Å². The van der Waals surface area contributed by atoms with Gasteiger partial charge in [-0.3, -0.25) is 9.59 Å². The average Bonchev–Trinajstić information content (AvgIpc) is 2.36. The number of ketones is 2. The molecule has 0 spiro atoms. The summed E-state index contributed by atoms with van der Waals surface area (Å²) in [5, 5.41) is 0. The number of ether oxygens (including phenoxy) is 1. The van der Waals surface area contributed by atoms with Gasteiger partial charge in [0.1, 0.15) is 11.6 Å². The number of nitrogens with two attached hydrogens (primary N) is 2. The minimum absolute atomic E-state index is 0.0168. The summed E-state index contributed by atoms with van der Waals surface area (Å²) in [5.74, 6) is -0.0336. The van der Waals surface area contributed by atoms with Crippen LogP contribution in [0.2, 0.25) is 0 Å². The lowest BCUT2D eigenvalue weighted by Gasteiger charge is -2.22. The van der Waals surface area contributed by atoms with Crippen molar-refractivity contribution in [2.24, 2.45) is 11.5 Å². The van der Waals surface area contributed by atoms with Crippen LogP contribution in [0, 0.1) is 0 Å². The molecule has 0 saturated carbocycles. The maximum Gasteiger partial charge on any atom is 0.148 e. The molecule has 0 fully saturated rings. The number of carbonyl (C=O) groups is 2. The highest BCUT2D eigenvalue weighted by molar-refractivity contribution is 5.81. The Kier molecular flexibility index (Phi) is 8.85. The second-order valence-corrected chi connectivity index (χ2v) is 4.09. The maximum atomic E-state index is 11.2. The van der Waals surface area contributed by atoms with Crippen LogP contribution in [0.5, 0.6) is 0 Å². The summed E-state index contributed by atoms with van der Waals surface area (Å²) in [6.45, 7) is 3.98. The Bertz CT molecular complexity index is 220. The molecule has 0 heterocycles. The summed E-state index contributed by atoms with van der Waals surface area (Å²) in [6.07, 6.45) is 1.81. The molecule has 0 aliphatic carbocycles. The molecule has 2 atom stereocenters. The largest absolute Gasteiger partial charge is 0.374 e. The van der Waals surface area contributed by atoms with E-state index in [1.807, 2.05) is 13.8 Å². The number of hydrogen-bond acceptors (Lipinski definition) is 5. The van der Waals surface area contributed by atoms with Crippen LogP contribution in [-0.2, 0) is 14.3 Å². The lowest BCUT2D eigenvalue weighted by Crippen LogP contribution is -2.29. The van der Waals surface area contributed by atoms with Crippen molar-refractivity contribution in [2.45, 2.75) is 51.7 Å². The zero-order valence-corrected chi connectivity index (χ0v) is 10.8. The van der Waals surface area contributed by atoms with E-state index in [1.54, 1.807) is 0 Å². The molecule has 0 bridgehead atoms. The molecule has 0 rings (SSSR count). The fourth-order valence-electron chi connectivity index (χ4n) is 1.52. The van der Waals surface area contributed by atoms with Gasteiger partial charge in [-0.1, -0.05) is 13.8 Å². The molecule has 0 saturated heterocycles. The van der Waals surface area contributed by atoms with Crippen molar-refractivity contribution in [3.63, 3.8) is 0 Å². The monoisotopic (exact) mass is 244 g/mol. The molecule has 0 amide bonds. The maximum absolute atomic E-state index is 11.2. The minimum Gasteiger partial charge on any atom is -0.374 e. The van der Waals surface area contributed by atoms with Gasteiger partial charge in [0.05, 0.1) is 25.3 Å². The van der Waals surface area contributed by atoms with Crippen LogP contribution in [0.15, 0.2) is 0 Å². The molecule has 0 aromatic carbocycles. The Morgan fingerprint density at radius 3 is 1.53 bits per heavy atom. The zero-order valence-electron chi connectivity index (χ0n) is 10.8. The molecule has 0 aliphatic rings. The highest BCUT2D eigenvalue weighted by Gasteiger charge is 2.18. The van der Waals surface area contributed by atoms with Crippen molar-refractivity contribution in [1.82, 2.24) is 0 Å². The Morgan fingerprint density at radius 2 is 1.29 bits per heavy atom. The highest BCUT2D eigenvalue weighted by Crippen LogP contribution is 2.13. The van der Waals surface area contributed by atoms with Crippen LogP contribution in [0.4, 0.5) is 0 Å². The molecule has 17 heavy (non-hydrogen) atoms. The van der Waals surface area contributed by atoms with Gasteiger partial charge in [-0.05, 0) is 12.8 Å². The molecule has 5 heteroatoms. The average molecular weight is 244 g/mol. The van der Waals surface area contributed by atoms with Gasteiger partial charge in [0.15, 0.2) is 0 Å². The summed E-state index contributed by atoms with van der Waals surface area (Å²) in [6, 6.07) is 0. The van der Waals surface area contributed by atoms with E-state index in [-0.39, 0.29) is 36.9 Å². The van der Waals surface area contributed by atoms with E-state index >= 15 is 0 Å². The van der Waals surface area contributed by atoms with Crippen LogP contribution in [0.25, 0.3) is 0 Å². The molecule has 2 unspecified atom stereocenters. The summed E-state index contributed by atoms with van der Waals surface area (Å²) < 4.78 is 5.74. The van der Waals surface area contributed by atoms with Crippen LogP contribution >= 0.6 is 0 Å². The summed E-state index contributed by atoms with van der Waals surface area (Å²) in [5.41, 5.74) is 10.5. The van der Waals surface area contributed by atoms with E-state index in [0.29, 0.717) is 12.8 Å². The smallest absolute Gasteiger partial charge is 0.148 e. The topological polar surface area (TPSA) is 95.4 Å². The van der Waals surface area contributed by atoms with Gasteiger partial charge >= 0.3 is 0 Å². The number of rotatable bonds is 10. The second kappa shape index (κ2) is 9.27. The van der Waals surface area contributed by atoms with Crippen LogP contribution in [-0.4, -0.2) is 36.9 Å². The molecular formula is C12H24N2O3. The minimum atomic E-state index is -0.151. The first kappa shape index (κ1) is 16.2. The third-order valence-corrected chi connectivity index (χ3v) is 2.66. The molecule has 0 aromatic heterocycles. The molecule has 100 valence electrons. The van der Waals surface area contributed by atoms with Crippen molar-refractivity contribution >= 4 is 11.6 Å². The fraction of sp³-hybridized carbons (Fsp3) is 0.833. The standard InChI is InChI=1S/C12H24N2O3/c1-3-11(5-9(15)7-13)17-12(4-2)6-10(16)8-14/h11-12H,3-8,13-14H2,1-2H3. The van der Waals surface area contributed by atoms with Gasteiger partial charge in [-0.25, -0.2) is 0 Å². The molecule has 0 aromatic rings. The number of carbonyl (C=O) groups excluding carboxylic acids is 2. The van der Waals surface area contributed by atoms with E-state index in [2.05, 4.69) is 0 Å². The highest BCUT2D eigenvalue weighted by atomic mass is 16.5. The molecule has 5 nitrogen and oxygen atoms in total. The summed E-state index contributed by atoms with van der Waals surface area (Å²) in [4.78, 5) is 22.5. The zero-order chi connectivity index (χ0) is 13.3. The van der Waals surface area contributed by atoms with E-state index in [0.717, 1.165) is 12.8 Å². The first-order valence-electron chi connectivity index (χ1n) is 6.16. The number of hydrogen-bond donors (Lipinski definition) is 2. The number of Topliss-reactive ketones (excluding diaryl/α,β-unsaturated/α-hetero) is 2. The van der Waals surface area contributed by atoms with Crippen molar-refractivity contribution < 1.29 is 14.3 Å². The SMILES string of the molecule is CCC(CC(=O)CN)OC(CC)CC(=O)CN. The van der Waals surface area contributed by atoms with Crippen molar-refractivity contribution in [2.75, 3.05) is 13.1 Å². The normalized spacial score (nSPS) is 14.4. The van der Waals surface area contributed by atoms with Crippen LogP contribution in [0.1, 0.15) is 39.5 Å². The van der Waals surface area contributed by atoms with Gasteiger partial charge in [0, 0.05) is 12.8 Å². The quantitative estimate of drug-likeness (QED) is 0.580. The van der Waals surface area contributed by atoms with Crippen LogP contribution < -0.4 is 11.5 Å². The summed E-state index contributed by atoms with van der Waals surface area (Å²) >= 11 is 0. The Hall–Kier alpha value is -0.780. The van der Waals surface area contributed by atoms with E-state index < -0.39 is 0 Å². The van der Waals surface area contributed by atoms with E-state index in [1.165, 1.54) is 0 Å². The van der Waals surface area contributed by atoms with Gasteiger partial charge < -0.3 is 16.2 Å². The predicted octanol–water partition coefficient (Wildman–Crippen LogP) is 0.396. The van der Waals surface area contributed by atoms with Crippen molar-refractivity contribution in [3.8, 4) is 0 Å². The van der Waals surface area contributed by atoms with E-state index in [9.17, 15) is 9.59 Å². The second-order valence-electron chi connectivity index (χ2n) is 4.09. The van der Waals surface area contributed by atoms with Crippen molar-refractivity contribution in [3.05, 3.63) is 0 Å². The van der Waals surface area contributed by atoms with E-state index in [4.69, 9.17) is 16.2 Å². The van der Waals surface area contributed by atoms with Gasteiger partial charge in [0.2, 0.25) is 0 Å². The van der Waals surface area contributed by atoms with Crippen LogP contribution in [0.3, 0.4) is 0 Å². The Balaban J connectivity index is 4.21. The molecule has 4 N–H and O–H groups in total. The lowest BCUT2D eigenvalue weighted by molar-refractivity contribution is -0.125. The van der Waals surface area contributed by atoms with Gasteiger partial charge in [-0.2, -0.15) is 0 Å². The first-order valence-corrected chi connectivity index (χ1v) is 6.16.